The van der Waals surface area contributed by atoms with Gasteiger partial charge in [-0.2, -0.15) is 23.4 Å². The molecular formula is C14H22N8O6S2. The summed E-state index contributed by atoms with van der Waals surface area (Å²) >= 11 is 0. The first-order chi connectivity index (χ1) is 14.0. The molecule has 0 aliphatic heterocycles. The molecule has 0 aliphatic carbocycles. The van der Waals surface area contributed by atoms with E-state index >= 15 is 0 Å². The van der Waals surface area contributed by atoms with Crippen LogP contribution in [-0.4, -0.2) is 74.4 Å². The fraction of sp³-hybridized carbons (Fsp3) is 0.357. The number of benzene rings is 1. The fourth-order valence-electron chi connectivity index (χ4n) is 2.03. The van der Waals surface area contributed by atoms with Crippen molar-refractivity contribution in [3.63, 3.8) is 0 Å². The third-order valence-electron chi connectivity index (χ3n) is 3.30. The number of nitrogens with one attached hydrogen (secondary N) is 3. The van der Waals surface area contributed by atoms with E-state index in [9.17, 15) is 8.42 Å². The molecule has 0 radical (unpaired) electrons. The maximum Gasteiger partial charge on any atom is 0.425 e. The minimum atomic E-state index is -4.30. The zero-order chi connectivity index (χ0) is 22.7. The normalized spacial score (nSPS) is 10.6. The Labute approximate surface area is 174 Å². The quantitative estimate of drug-likeness (QED) is 0.166. The van der Waals surface area contributed by atoms with Crippen LogP contribution in [0.25, 0.3) is 0 Å². The lowest BCUT2D eigenvalue weighted by atomic mass is 10.3. The van der Waals surface area contributed by atoms with E-state index in [0.717, 1.165) is 0 Å². The van der Waals surface area contributed by atoms with Crippen molar-refractivity contribution >= 4 is 44.3 Å². The molecular weight excluding hydrogens is 440 g/mol. The summed E-state index contributed by atoms with van der Waals surface area (Å²) in [6.07, 6.45) is 0. The maximum absolute atomic E-state index is 11.2. The highest BCUT2D eigenvalue weighted by atomic mass is 32.2. The van der Waals surface area contributed by atoms with Crippen LogP contribution in [-0.2, 0) is 20.7 Å². The molecule has 0 spiro atoms. The van der Waals surface area contributed by atoms with Gasteiger partial charge in [0.1, 0.15) is 0 Å². The van der Waals surface area contributed by atoms with Crippen LogP contribution in [0.1, 0.15) is 0 Å². The molecule has 16 heteroatoms. The van der Waals surface area contributed by atoms with Gasteiger partial charge in [0.05, 0.1) is 4.90 Å². The molecule has 2 aromatic rings. The number of hydrogen-bond donors (Lipinski definition) is 5. The van der Waals surface area contributed by atoms with E-state index in [1.807, 2.05) is 14.1 Å². The van der Waals surface area contributed by atoms with Gasteiger partial charge in [0.15, 0.2) is 0 Å². The highest BCUT2D eigenvalue weighted by Gasteiger charge is 2.12. The van der Waals surface area contributed by atoms with E-state index in [1.165, 1.54) is 18.2 Å². The van der Waals surface area contributed by atoms with Gasteiger partial charge >= 0.3 is 10.6 Å². The average Bonchev–Trinajstić information content (AvgIpc) is 2.63. The van der Waals surface area contributed by atoms with Gasteiger partial charge in [0.2, 0.25) is 17.8 Å². The van der Waals surface area contributed by atoms with Crippen molar-refractivity contribution in [1.29, 1.82) is 0 Å². The summed E-state index contributed by atoms with van der Waals surface area (Å²) in [7, 11) is -3.75. The highest BCUT2D eigenvalue weighted by Crippen LogP contribution is 2.19. The van der Waals surface area contributed by atoms with Crippen LogP contribution in [0.2, 0.25) is 0 Å². The Morgan fingerprint density at radius 2 is 1.87 bits per heavy atom. The first kappa shape index (κ1) is 25.1. The summed E-state index contributed by atoms with van der Waals surface area (Å²) in [6, 6.07) is 5.64. The third-order valence-corrected chi connectivity index (χ3v) is 4.15. The Bertz CT molecular complexity index is 1040. The number of hydrogen-bond acceptors (Lipinski definition) is 13. The van der Waals surface area contributed by atoms with Crippen LogP contribution in [0.15, 0.2) is 29.2 Å². The number of nitrogens with zero attached hydrogens (tertiary/aromatic N) is 4. The minimum Gasteiger partial charge on any atom is -0.368 e. The fourth-order valence-corrected chi connectivity index (χ4v) is 2.56. The smallest absolute Gasteiger partial charge is 0.368 e. The molecule has 6 N–H and O–H groups in total. The number of nitrogens with two attached hydrogens (primary N) is 1. The highest BCUT2D eigenvalue weighted by molar-refractivity contribution is 7.85. The Balaban J connectivity index is 0.00000103. The second-order valence-corrected chi connectivity index (χ2v) is 7.43. The van der Waals surface area contributed by atoms with Crippen LogP contribution in [0.4, 0.5) is 23.5 Å². The van der Waals surface area contributed by atoms with Crippen molar-refractivity contribution in [1.82, 2.24) is 25.6 Å². The van der Waals surface area contributed by atoms with Crippen molar-refractivity contribution in [2.75, 3.05) is 49.8 Å². The zero-order valence-electron chi connectivity index (χ0n) is 16.1. The number of aromatic nitrogens is 3. The van der Waals surface area contributed by atoms with Crippen LogP contribution >= 0.6 is 0 Å². The second kappa shape index (κ2) is 11.9. The van der Waals surface area contributed by atoms with Crippen LogP contribution < -0.4 is 26.6 Å². The number of likely N-dealkylation sites (N-methyl/N-ethyl adjacent to an activating group) is 1. The molecule has 0 bridgehead atoms. The molecule has 1 heterocycles. The SMILES string of the molecule is CNCNCCN(C)c1nc(N)nc(Nc2cccc(S(=O)(=O)O)c2)n1.O=S(=O)=O. The summed E-state index contributed by atoms with van der Waals surface area (Å²) in [5.41, 5.74) is 6.12. The van der Waals surface area contributed by atoms with Gasteiger partial charge in [-0.15, -0.1) is 12.6 Å². The second-order valence-electron chi connectivity index (χ2n) is 5.60. The van der Waals surface area contributed by atoms with Gasteiger partial charge in [-0.3, -0.25) is 4.55 Å². The predicted octanol–water partition coefficient (Wildman–Crippen LogP) is -1.36. The molecule has 0 unspecified atom stereocenters. The molecule has 1 aromatic heterocycles. The van der Waals surface area contributed by atoms with Gasteiger partial charge in [0, 0.05) is 32.5 Å². The molecule has 0 aliphatic rings. The van der Waals surface area contributed by atoms with Gasteiger partial charge in [-0.1, -0.05) is 6.07 Å². The minimum absolute atomic E-state index is 0.0264. The number of anilines is 4. The van der Waals surface area contributed by atoms with Crippen molar-refractivity contribution in [3.8, 4) is 0 Å². The summed E-state index contributed by atoms with van der Waals surface area (Å²) in [5.74, 6) is 0.561. The lowest BCUT2D eigenvalue weighted by Gasteiger charge is -2.18. The van der Waals surface area contributed by atoms with E-state index in [0.29, 0.717) is 31.4 Å². The average molecular weight is 463 g/mol. The van der Waals surface area contributed by atoms with E-state index in [2.05, 4.69) is 30.9 Å². The van der Waals surface area contributed by atoms with Crippen LogP contribution in [0.3, 0.4) is 0 Å². The van der Waals surface area contributed by atoms with Gasteiger partial charge < -0.3 is 26.6 Å². The lowest BCUT2D eigenvalue weighted by Crippen LogP contribution is -2.34. The van der Waals surface area contributed by atoms with Crippen LogP contribution in [0.5, 0.6) is 0 Å². The summed E-state index contributed by atoms with van der Waals surface area (Å²) in [6.45, 7) is 2.04. The van der Waals surface area contributed by atoms with E-state index in [4.69, 9.17) is 22.9 Å². The molecule has 166 valence electrons. The Kier molecular flexibility index (Phi) is 9.99. The molecule has 1 aromatic carbocycles. The third kappa shape index (κ3) is 9.52. The summed E-state index contributed by atoms with van der Waals surface area (Å²) < 4.78 is 56.9. The Morgan fingerprint density at radius 1 is 1.20 bits per heavy atom. The monoisotopic (exact) mass is 462 g/mol. The Hall–Kier alpha value is -2.92. The number of rotatable bonds is 9. The van der Waals surface area contributed by atoms with Gasteiger partial charge in [-0.25, -0.2) is 0 Å². The van der Waals surface area contributed by atoms with Crippen molar-refractivity contribution in [2.24, 2.45) is 0 Å². The summed E-state index contributed by atoms with van der Waals surface area (Å²) in [5, 5.41) is 9.01. The topological polar surface area (TPSA) is 210 Å². The molecule has 0 amide bonds. The van der Waals surface area contributed by atoms with Gasteiger partial charge in [-0.05, 0) is 25.2 Å². The lowest BCUT2D eigenvalue weighted by molar-refractivity contribution is 0.483. The van der Waals surface area contributed by atoms with Gasteiger partial charge in [0.25, 0.3) is 10.1 Å². The molecule has 14 nitrogen and oxygen atoms in total. The van der Waals surface area contributed by atoms with Crippen molar-refractivity contribution in [2.45, 2.75) is 4.90 Å². The molecule has 0 atom stereocenters. The van der Waals surface area contributed by atoms with Crippen molar-refractivity contribution < 1.29 is 25.6 Å². The zero-order valence-corrected chi connectivity index (χ0v) is 17.7. The number of nitrogen functional groups attached to an aromatic ring is 1. The molecule has 30 heavy (non-hydrogen) atoms. The maximum atomic E-state index is 11.2. The standard InChI is InChI=1S/C14H22N8O3S.O3S/c1-16-9-17-6-7-22(2)14-20-12(15)19-13(21-14)18-10-4-3-5-11(8-10)26(23,24)25;1-4(2)3/h3-5,8,16-17H,6-7,9H2,1-2H3,(H,23,24,25)(H3,15,18,19,20,21);. The van der Waals surface area contributed by atoms with E-state index < -0.39 is 20.7 Å². The van der Waals surface area contributed by atoms with Crippen molar-refractivity contribution in [3.05, 3.63) is 24.3 Å². The largest absolute Gasteiger partial charge is 0.425 e. The molecule has 0 saturated heterocycles. The van der Waals surface area contributed by atoms with E-state index in [-0.39, 0.29) is 16.8 Å². The molecule has 0 fully saturated rings. The first-order valence-electron chi connectivity index (χ1n) is 8.22. The summed E-state index contributed by atoms with van der Waals surface area (Å²) in [4.78, 5) is 13.9. The molecule has 2 rings (SSSR count). The first-order valence-corrected chi connectivity index (χ1v) is 10.7. The predicted molar refractivity (Wildman–Crippen MR) is 109 cm³/mol. The van der Waals surface area contributed by atoms with E-state index in [1.54, 1.807) is 11.0 Å². The molecule has 0 saturated carbocycles. The Morgan fingerprint density at radius 3 is 2.47 bits per heavy atom. The van der Waals surface area contributed by atoms with Crippen LogP contribution in [0, 0.1) is 0 Å².